The second kappa shape index (κ2) is 11.3. The molecule has 4 amide bonds. The zero-order valence-electron chi connectivity index (χ0n) is 21.9. The van der Waals surface area contributed by atoms with Crippen molar-refractivity contribution in [2.24, 2.45) is 0 Å². The maximum atomic E-state index is 15.0. The van der Waals surface area contributed by atoms with E-state index in [2.05, 4.69) is 13.2 Å². The fourth-order valence-corrected chi connectivity index (χ4v) is 4.65. The van der Waals surface area contributed by atoms with Gasteiger partial charge in [-0.25, -0.2) is 9.80 Å². The lowest BCUT2D eigenvalue weighted by atomic mass is 9.72. The van der Waals surface area contributed by atoms with E-state index in [1.807, 2.05) is 0 Å². The summed E-state index contributed by atoms with van der Waals surface area (Å²) in [6.45, 7) is 6.31. The third-order valence-corrected chi connectivity index (χ3v) is 6.45. The second-order valence-corrected chi connectivity index (χ2v) is 9.00. The van der Waals surface area contributed by atoms with Crippen molar-refractivity contribution >= 4 is 35.0 Å². The molecule has 14 heteroatoms. The first-order chi connectivity index (χ1) is 20.2. The SMILES string of the molecule is C=CCOc1ccc(C(c2ccc(OCC=C)c(N3C(=O)C=CC3=O)c2)(C(F)(F)F)C(F)(F)F)cc1N1C(=O)C=CC1=O. The number of carbonyl (C=O) groups excluding carboxylic acids is 4. The Kier molecular flexibility index (Phi) is 8.07. The van der Waals surface area contributed by atoms with Gasteiger partial charge in [0.25, 0.3) is 23.6 Å². The van der Waals surface area contributed by atoms with E-state index in [9.17, 15) is 19.2 Å². The van der Waals surface area contributed by atoms with Crippen LogP contribution in [0.25, 0.3) is 0 Å². The molecule has 4 rings (SSSR count). The van der Waals surface area contributed by atoms with Gasteiger partial charge in [0.15, 0.2) is 0 Å². The van der Waals surface area contributed by atoms with Crippen LogP contribution < -0.4 is 19.3 Å². The number of ether oxygens (including phenoxy) is 2. The number of carbonyl (C=O) groups is 4. The van der Waals surface area contributed by atoms with Crippen LogP contribution in [-0.4, -0.2) is 49.2 Å². The van der Waals surface area contributed by atoms with Crippen molar-refractivity contribution in [2.75, 3.05) is 23.0 Å². The molecule has 0 saturated carbocycles. The van der Waals surface area contributed by atoms with Crippen LogP contribution in [-0.2, 0) is 24.6 Å². The van der Waals surface area contributed by atoms with Crippen molar-refractivity contribution in [3.05, 3.63) is 97.1 Å². The minimum absolute atomic E-state index is 0.263. The predicted molar refractivity (Wildman–Crippen MR) is 140 cm³/mol. The Bertz CT molecular complexity index is 1440. The number of amides is 4. The summed E-state index contributed by atoms with van der Waals surface area (Å²) in [6, 6.07) is 3.29. The maximum absolute atomic E-state index is 15.0. The first-order valence-corrected chi connectivity index (χ1v) is 12.2. The highest BCUT2D eigenvalue weighted by molar-refractivity contribution is 6.29. The smallest absolute Gasteiger partial charge is 0.411 e. The molecular weight excluding hydrogens is 586 g/mol. The molecule has 2 aliphatic rings. The van der Waals surface area contributed by atoms with Crippen molar-refractivity contribution in [1.29, 1.82) is 0 Å². The van der Waals surface area contributed by atoms with Gasteiger partial charge in [0.2, 0.25) is 5.41 Å². The fourth-order valence-electron chi connectivity index (χ4n) is 4.65. The number of hydrogen-bond acceptors (Lipinski definition) is 6. The predicted octanol–water partition coefficient (Wildman–Crippen LogP) is 5.09. The van der Waals surface area contributed by atoms with E-state index < -0.39 is 63.9 Å². The van der Waals surface area contributed by atoms with Crippen LogP contribution in [0.4, 0.5) is 37.7 Å². The molecule has 2 aromatic carbocycles. The van der Waals surface area contributed by atoms with Gasteiger partial charge >= 0.3 is 12.4 Å². The lowest BCUT2D eigenvalue weighted by molar-refractivity contribution is -0.288. The van der Waals surface area contributed by atoms with Crippen LogP contribution in [0.1, 0.15) is 11.1 Å². The van der Waals surface area contributed by atoms with Crippen LogP contribution in [0.15, 0.2) is 86.0 Å². The standard InChI is InChI=1S/C29H20F6N2O6/c1-3-13-42-21-7-5-17(15-19(21)36-23(38)9-10-24(36)39)27(28(30,31)32,29(33,34)35)18-6-8-22(43-14-4-2)20(16-18)37-25(40)11-12-26(37)41/h3-12,15-16H,1-2,13-14H2. The Morgan fingerprint density at radius 1 is 0.605 bits per heavy atom. The first-order valence-electron chi connectivity index (χ1n) is 12.2. The summed E-state index contributed by atoms with van der Waals surface area (Å²) in [4.78, 5) is 50.4. The summed E-state index contributed by atoms with van der Waals surface area (Å²) < 4.78 is 101. The first kappa shape index (κ1) is 30.8. The molecule has 0 N–H and O–H groups in total. The van der Waals surface area contributed by atoms with Crippen molar-refractivity contribution in [1.82, 2.24) is 0 Å². The number of halogens is 6. The van der Waals surface area contributed by atoms with Crippen molar-refractivity contribution in [3.63, 3.8) is 0 Å². The van der Waals surface area contributed by atoms with E-state index in [4.69, 9.17) is 9.47 Å². The van der Waals surface area contributed by atoms with Gasteiger partial charge in [-0.2, -0.15) is 26.3 Å². The van der Waals surface area contributed by atoms with Gasteiger partial charge in [-0.15, -0.1) is 0 Å². The number of anilines is 2. The molecule has 2 aromatic rings. The number of benzene rings is 2. The third-order valence-electron chi connectivity index (χ3n) is 6.45. The number of alkyl halides is 6. The van der Waals surface area contributed by atoms with Gasteiger partial charge < -0.3 is 9.47 Å². The molecule has 0 radical (unpaired) electrons. The van der Waals surface area contributed by atoms with E-state index in [0.29, 0.717) is 34.1 Å². The van der Waals surface area contributed by atoms with Crippen LogP contribution in [0.2, 0.25) is 0 Å². The fraction of sp³-hybridized carbons (Fsp3) is 0.172. The van der Waals surface area contributed by atoms with Gasteiger partial charge in [0.1, 0.15) is 24.7 Å². The molecule has 0 aromatic heterocycles. The van der Waals surface area contributed by atoms with E-state index in [1.165, 1.54) is 12.2 Å². The molecule has 224 valence electrons. The molecule has 0 bridgehead atoms. The van der Waals surface area contributed by atoms with Gasteiger partial charge in [0.05, 0.1) is 11.4 Å². The van der Waals surface area contributed by atoms with Gasteiger partial charge in [-0.1, -0.05) is 37.4 Å². The lowest BCUT2D eigenvalue weighted by Crippen LogP contribution is -2.55. The minimum Gasteiger partial charge on any atom is -0.487 e. The summed E-state index contributed by atoms with van der Waals surface area (Å²) in [7, 11) is 0. The van der Waals surface area contributed by atoms with Crippen LogP contribution in [0, 0.1) is 0 Å². The molecule has 0 aliphatic carbocycles. The average Bonchev–Trinajstić information content (AvgIpc) is 3.44. The summed E-state index contributed by atoms with van der Waals surface area (Å²) in [5, 5.41) is 0. The average molecular weight is 606 g/mol. The molecule has 0 fully saturated rings. The topological polar surface area (TPSA) is 93.2 Å². The third kappa shape index (κ3) is 5.19. The minimum atomic E-state index is -6.11. The Hall–Kier alpha value is -5.14. The maximum Gasteiger partial charge on any atom is 0.411 e. The van der Waals surface area contributed by atoms with Crippen LogP contribution >= 0.6 is 0 Å². The summed E-state index contributed by atoms with van der Waals surface area (Å²) in [6.07, 6.45) is -6.60. The van der Waals surface area contributed by atoms with Crippen molar-refractivity contribution in [2.45, 2.75) is 17.8 Å². The quantitative estimate of drug-likeness (QED) is 0.213. The van der Waals surface area contributed by atoms with Gasteiger partial charge in [-0.05, 0) is 35.4 Å². The van der Waals surface area contributed by atoms with Crippen LogP contribution in [0.3, 0.4) is 0 Å². The second-order valence-electron chi connectivity index (χ2n) is 9.00. The lowest BCUT2D eigenvalue weighted by Gasteiger charge is -2.39. The molecule has 0 spiro atoms. The molecule has 43 heavy (non-hydrogen) atoms. The molecule has 8 nitrogen and oxygen atoms in total. The molecular formula is C29H20F6N2O6. The Morgan fingerprint density at radius 2 is 0.930 bits per heavy atom. The number of imide groups is 2. The van der Waals surface area contributed by atoms with E-state index in [1.54, 1.807) is 0 Å². The summed E-state index contributed by atoms with van der Waals surface area (Å²) in [5.41, 5.74) is -9.06. The van der Waals surface area contributed by atoms with E-state index >= 15 is 26.3 Å². The normalized spacial score (nSPS) is 15.5. The Morgan fingerprint density at radius 3 is 1.21 bits per heavy atom. The van der Waals surface area contributed by atoms with Crippen molar-refractivity contribution < 1.29 is 55.0 Å². The summed E-state index contributed by atoms with van der Waals surface area (Å²) in [5.74, 6) is -4.86. The zero-order valence-corrected chi connectivity index (χ0v) is 21.9. The highest BCUT2D eigenvalue weighted by Gasteiger charge is 2.72. The zero-order chi connectivity index (χ0) is 31.7. The number of hydrogen-bond donors (Lipinski definition) is 0. The highest BCUT2D eigenvalue weighted by Crippen LogP contribution is 2.58. The Labute approximate surface area is 239 Å². The number of rotatable bonds is 10. The largest absolute Gasteiger partial charge is 0.487 e. The van der Waals surface area contributed by atoms with Crippen LogP contribution in [0.5, 0.6) is 11.5 Å². The van der Waals surface area contributed by atoms with Crippen molar-refractivity contribution in [3.8, 4) is 11.5 Å². The van der Waals surface area contributed by atoms with Gasteiger partial charge in [0, 0.05) is 24.3 Å². The molecule has 2 aliphatic heterocycles. The molecule has 2 heterocycles. The molecule has 0 atom stereocenters. The Balaban J connectivity index is 2.06. The van der Waals surface area contributed by atoms with Gasteiger partial charge in [-0.3, -0.25) is 19.2 Å². The summed E-state index contributed by atoms with van der Waals surface area (Å²) >= 11 is 0. The highest BCUT2D eigenvalue weighted by atomic mass is 19.4. The molecule has 0 unspecified atom stereocenters. The van der Waals surface area contributed by atoms with E-state index in [-0.39, 0.29) is 24.7 Å². The monoisotopic (exact) mass is 606 g/mol. The van der Waals surface area contributed by atoms with E-state index in [0.717, 1.165) is 36.4 Å². The number of nitrogens with zero attached hydrogens (tertiary/aromatic N) is 2. The molecule has 0 saturated heterocycles.